The average Bonchev–Trinajstić information content (AvgIpc) is 3.30. The van der Waals surface area contributed by atoms with Crippen LogP contribution in [-0.4, -0.2) is 43.3 Å². The van der Waals surface area contributed by atoms with Crippen LogP contribution in [0.1, 0.15) is 39.3 Å². The smallest absolute Gasteiger partial charge is 0.335 e. The third-order valence-electron chi connectivity index (χ3n) is 7.34. The van der Waals surface area contributed by atoms with Crippen LogP contribution in [0.2, 0.25) is 0 Å². The molecule has 0 saturated carbocycles. The van der Waals surface area contributed by atoms with Crippen molar-refractivity contribution in [3.8, 4) is 17.3 Å². The molecule has 1 atom stereocenters. The lowest BCUT2D eigenvalue weighted by Crippen LogP contribution is -2.31. The van der Waals surface area contributed by atoms with Crippen LogP contribution in [0, 0.1) is 36.0 Å². The summed E-state index contributed by atoms with van der Waals surface area (Å²) < 4.78 is 86.9. The summed E-state index contributed by atoms with van der Waals surface area (Å²) >= 11 is 0. The Labute approximate surface area is 246 Å². The van der Waals surface area contributed by atoms with Crippen LogP contribution in [-0.2, 0) is 24.3 Å². The van der Waals surface area contributed by atoms with Crippen LogP contribution >= 0.6 is 0 Å². The summed E-state index contributed by atoms with van der Waals surface area (Å²) in [6.45, 7) is 2.16. The van der Waals surface area contributed by atoms with Gasteiger partial charge in [-0.3, -0.25) is 0 Å². The highest BCUT2D eigenvalue weighted by molar-refractivity contribution is 5.92. The molecule has 0 bridgehead atoms. The fraction of sp³-hybridized carbons (Fsp3) is 0.226. The number of hydrogen-bond acceptors (Lipinski definition) is 6. The first-order chi connectivity index (χ1) is 21.1. The van der Waals surface area contributed by atoms with E-state index in [4.69, 9.17) is 9.47 Å². The molecular formula is C31H23F5N4O4. The van der Waals surface area contributed by atoms with E-state index in [1.807, 2.05) is 0 Å². The van der Waals surface area contributed by atoms with Crippen LogP contribution in [0.5, 0.6) is 6.01 Å². The number of benzene rings is 3. The molecule has 0 aliphatic carbocycles. The highest BCUT2D eigenvalue weighted by Gasteiger charge is 2.25. The highest BCUT2D eigenvalue weighted by atomic mass is 19.1. The minimum Gasteiger partial charge on any atom is -0.478 e. The zero-order chi connectivity index (χ0) is 31.1. The second-order valence-electron chi connectivity index (χ2n) is 10.4. The average molecular weight is 611 g/mol. The molecule has 0 radical (unpaired) electrons. The van der Waals surface area contributed by atoms with E-state index >= 15 is 8.78 Å². The molecule has 1 saturated heterocycles. The molecule has 1 aliphatic rings. The summed E-state index contributed by atoms with van der Waals surface area (Å²) in [6, 6.07) is 7.86. The van der Waals surface area contributed by atoms with Gasteiger partial charge in [0.15, 0.2) is 11.6 Å². The van der Waals surface area contributed by atoms with E-state index in [0.717, 1.165) is 24.4 Å². The quantitative estimate of drug-likeness (QED) is 0.200. The number of carbonyl (C=O) groups is 1. The first-order valence-electron chi connectivity index (χ1n) is 13.5. The second-order valence-corrected chi connectivity index (χ2v) is 10.4. The number of nitrogens with zero attached hydrogens (tertiary/aromatic N) is 4. The molecule has 1 N–H and O–H groups in total. The van der Waals surface area contributed by atoms with Gasteiger partial charge in [0, 0.05) is 24.2 Å². The van der Waals surface area contributed by atoms with Crippen LogP contribution in [0.25, 0.3) is 22.3 Å². The fourth-order valence-corrected chi connectivity index (χ4v) is 4.92. The molecule has 0 spiro atoms. The molecule has 1 aliphatic heterocycles. The van der Waals surface area contributed by atoms with Crippen molar-refractivity contribution in [2.45, 2.75) is 39.0 Å². The number of carboxylic acid groups (broad SMARTS) is 1. The Morgan fingerprint density at radius 3 is 2.45 bits per heavy atom. The van der Waals surface area contributed by atoms with Crippen molar-refractivity contribution in [2.75, 3.05) is 6.61 Å². The number of carboxylic acids is 1. The maximum atomic E-state index is 15.4. The molecule has 1 fully saturated rings. The lowest BCUT2D eigenvalue weighted by atomic mass is 10.0. The molecule has 44 heavy (non-hydrogen) atoms. The Morgan fingerprint density at radius 1 is 0.977 bits per heavy atom. The molecule has 8 nitrogen and oxygen atoms in total. The van der Waals surface area contributed by atoms with Gasteiger partial charge < -0.3 is 19.1 Å². The first-order valence-corrected chi connectivity index (χ1v) is 13.5. The number of aromatic nitrogens is 4. The molecule has 13 heteroatoms. The van der Waals surface area contributed by atoms with Gasteiger partial charge in [0.05, 0.1) is 29.9 Å². The lowest BCUT2D eigenvalue weighted by molar-refractivity contribution is -0.0589. The van der Waals surface area contributed by atoms with Gasteiger partial charge in [0.25, 0.3) is 0 Å². The highest BCUT2D eigenvalue weighted by Crippen LogP contribution is 2.30. The maximum Gasteiger partial charge on any atom is 0.335 e. The Balaban J connectivity index is 1.31. The molecule has 0 amide bonds. The molecule has 6 rings (SSSR count). The minimum absolute atomic E-state index is 0.122. The minimum atomic E-state index is -1.34. The standard InChI is InChI=1S/C31H23F5N4O4/c1-15-2-3-16(21(32)6-15)14-44-31-37-12-25(36)28(39-31)20-11-22(33)17(7-23(20)34)10-27-38-29-24(35)8-18(30(41)42)9-26(29)40(27)13-19-4-5-43-19/h2-3,6-9,11-12,19H,4-5,10,13-14H2,1H3,(H,41,42). The Bertz CT molecular complexity index is 1930. The van der Waals surface area contributed by atoms with Crippen molar-refractivity contribution in [1.82, 2.24) is 19.5 Å². The summed E-state index contributed by atoms with van der Waals surface area (Å²) in [6.07, 6.45) is 0.897. The summed E-state index contributed by atoms with van der Waals surface area (Å²) in [5.41, 5.74) is -0.590. The van der Waals surface area contributed by atoms with Crippen molar-refractivity contribution in [3.63, 3.8) is 0 Å². The van der Waals surface area contributed by atoms with Gasteiger partial charge in [-0.1, -0.05) is 12.1 Å². The van der Waals surface area contributed by atoms with Gasteiger partial charge in [-0.15, -0.1) is 0 Å². The first kappa shape index (κ1) is 29.2. The molecule has 226 valence electrons. The maximum absolute atomic E-state index is 15.4. The Hall–Kier alpha value is -4.91. The number of hydrogen-bond donors (Lipinski definition) is 1. The fourth-order valence-electron chi connectivity index (χ4n) is 4.92. The molecule has 1 unspecified atom stereocenters. The van der Waals surface area contributed by atoms with Crippen molar-refractivity contribution in [1.29, 1.82) is 0 Å². The topological polar surface area (TPSA) is 99.4 Å². The summed E-state index contributed by atoms with van der Waals surface area (Å²) in [7, 11) is 0. The van der Waals surface area contributed by atoms with Crippen molar-refractivity contribution in [2.24, 2.45) is 0 Å². The van der Waals surface area contributed by atoms with E-state index in [9.17, 15) is 23.1 Å². The summed E-state index contributed by atoms with van der Waals surface area (Å²) in [5.74, 6) is -5.56. The van der Waals surface area contributed by atoms with Crippen molar-refractivity contribution < 1.29 is 41.3 Å². The molecular weight excluding hydrogens is 587 g/mol. The summed E-state index contributed by atoms with van der Waals surface area (Å²) in [4.78, 5) is 23.4. The van der Waals surface area contributed by atoms with E-state index in [0.29, 0.717) is 18.6 Å². The van der Waals surface area contributed by atoms with Crippen LogP contribution < -0.4 is 4.74 Å². The molecule has 2 aromatic heterocycles. The van der Waals surface area contributed by atoms with Gasteiger partial charge >= 0.3 is 12.0 Å². The zero-order valence-corrected chi connectivity index (χ0v) is 23.1. The number of rotatable bonds is 9. The van der Waals surface area contributed by atoms with E-state index < -0.39 is 46.3 Å². The third kappa shape index (κ3) is 5.70. The SMILES string of the molecule is Cc1ccc(COc2ncc(F)c(-c3cc(F)c(Cc4nc5c(F)cc(C(=O)O)cc5n4CC4CCO4)cc3F)n2)c(F)c1. The zero-order valence-electron chi connectivity index (χ0n) is 23.1. The predicted molar refractivity (Wildman–Crippen MR) is 147 cm³/mol. The van der Waals surface area contributed by atoms with Gasteiger partial charge in [0.2, 0.25) is 0 Å². The lowest BCUT2D eigenvalue weighted by Gasteiger charge is -2.27. The number of ether oxygens (including phenoxy) is 2. The van der Waals surface area contributed by atoms with E-state index in [1.165, 1.54) is 22.8 Å². The second kappa shape index (κ2) is 11.6. The monoisotopic (exact) mass is 610 g/mol. The van der Waals surface area contributed by atoms with Gasteiger partial charge in [-0.2, -0.15) is 4.98 Å². The normalized spacial score (nSPS) is 14.5. The van der Waals surface area contributed by atoms with Crippen LogP contribution in [0.15, 0.2) is 48.7 Å². The number of aryl methyl sites for hydroxylation is 1. The number of halogens is 5. The number of aromatic carboxylic acids is 1. The van der Waals surface area contributed by atoms with E-state index in [1.54, 1.807) is 13.0 Å². The Kier molecular flexibility index (Phi) is 7.72. The predicted octanol–water partition coefficient (Wildman–Crippen LogP) is 6.15. The largest absolute Gasteiger partial charge is 0.478 e. The van der Waals surface area contributed by atoms with Gasteiger partial charge in [0.1, 0.15) is 41.1 Å². The third-order valence-corrected chi connectivity index (χ3v) is 7.34. The molecule has 3 heterocycles. The van der Waals surface area contributed by atoms with E-state index in [2.05, 4.69) is 15.0 Å². The molecule has 3 aromatic carbocycles. The molecule has 5 aromatic rings. The van der Waals surface area contributed by atoms with Crippen LogP contribution in [0.3, 0.4) is 0 Å². The van der Waals surface area contributed by atoms with Gasteiger partial charge in [-0.25, -0.2) is 36.7 Å². The van der Waals surface area contributed by atoms with Crippen molar-refractivity contribution >= 4 is 17.0 Å². The number of fused-ring (bicyclic) bond motifs is 1. The van der Waals surface area contributed by atoms with Crippen LogP contribution in [0.4, 0.5) is 22.0 Å². The van der Waals surface area contributed by atoms with Crippen molar-refractivity contribution in [3.05, 3.63) is 106 Å². The van der Waals surface area contributed by atoms with E-state index in [-0.39, 0.29) is 65.2 Å². The van der Waals surface area contributed by atoms with Gasteiger partial charge in [-0.05, 0) is 54.8 Å². The summed E-state index contributed by atoms with van der Waals surface area (Å²) in [5, 5.41) is 9.40. The Morgan fingerprint density at radius 2 is 1.75 bits per heavy atom. The number of imidazole rings is 1.